The molecule has 5 heteroatoms. The molecule has 1 aliphatic rings. The molecular formula is C16H17BrN2O2. The van der Waals surface area contributed by atoms with Crippen molar-refractivity contribution in [2.45, 2.75) is 19.9 Å². The van der Waals surface area contributed by atoms with Gasteiger partial charge in [-0.2, -0.15) is 0 Å². The van der Waals surface area contributed by atoms with Gasteiger partial charge in [0.2, 0.25) is 0 Å². The Balaban J connectivity index is 1.96. The minimum absolute atomic E-state index is 0.0184. The van der Waals surface area contributed by atoms with Crippen molar-refractivity contribution in [3.05, 3.63) is 46.7 Å². The number of halogens is 1. The summed E-state index contributed by atoms with van der Waals surface area (Å²) in [6.45, 7) is 4.04. The van der Waals surface area contributed by atoms with E-state index in [2.05, 4.69) is 22.9 Å². The molecule has 110 valence electrons. The Bertz CT molecular complexity index is 666. The van der Waals surface area contributed by atoms with Gasteiger partial charge in [0.15, 0.2) is 0 Å². The maximum absolute atomic E-state index is 12.9. The third-order valence-electron chi connectivity index (χ3n) is 3.52. The number of benzene rings is 1. The molecule has 0 bridgehead atoms. The van der Waals surface area contributed by atoms with Gasteiger partial charge in [-0.25, -0.2) is 0 Å². The lowest BCUT2D eigenvalue weighted by Gasteiger charge is -2.29. The average molecular weight is 349 g/mol. The Labute approximate surface area is 132 Å². The highest BCUT2D eigenvalue weighted by Crippen LogP contribution is 2.32. The monoisotopic (exact) mass is 348 g/mol. The van der Waals surface area contributed by atoms with E-state index in [9.17, 15) is 4.79 Å². The van der Waals surface area contributed by atoms with Gasteiger partial charge in [0, 0.05) is 17.2 Å². The topological polar surface area (TPSA) is 34.5 Å². The van der Waals surface area contributed by atoms with Crippen molar-refractivity contribution >= 4 is 27.5 Å². The van der Waals surface area contributed by atoms with Gasteiger partial charge in [0.1, 0.15) is 18.1 Å². The van der Waals surface area contributed by atoms with Gasteiger partial charge in [0.05, 0.1) is 12.2 Å². The summed E-state index contributed by atoms with van der Waals surface area (Å²) in [5, 5.41) is 0. The number of fused-ring (bicyclic) bond motifs is 1. The molecular weight excluding hydrogens is 332 g/mol. The van der Waals surface area contributed by atoms with Crippen molar-refractivity contribution in [3.63, 3.8) is 0 Å². The van der Waals surface area contributed by atoms with Gasteiger partial charge in [0.25, 0.3) is 5.91 Å². The predicted octanol–water partition coefficient (Wildman–Crippen LogP) is 3.70. The number of amides is 1. The van der Waals surface area contributed by atoms with Crippen molar-refractivity contribution in [2.24, 2.45) is 0 Å². The zero-order valence-corrected chi connectivity index (χ0v) is 13.5. The van der Waals surface area contributed by atoms with Crippen molar-refractivity contribution in [3.8, 4) is 5.75 Å². The second-order valence-corrected chi connectivity index (χ2v) is 5.93. The van der Waals surface area contributed by atoms with Crippen LogP contribution in [0.15, 0.2) is 41.0 Å². The average Bonchev–Trinajstić information content (AvgIpc) is 2.87. The van der Waals surface area contributed by atoms with Crippen LogP contribution in [0.4, 0.5) is 5.69 Å². The van der Waals surface area contributed by atoms with Crippen LogP contribution < -0.4 is 9.64 Å². The number of ether oxygens (including phenoxy) is 1. The Kier molecular flexibility index (Phi) is 4.01. The molecule has 0 atom stereocenters. The Morgan fingerprint density at radius 1 is 1.38 bits per heavy atom. The molecule has 0 unspecified atom stereocenters. The van der Waals surface area contributed by atoms with Crippen molar-refractivity contribution < 1.29 is 9.53 Å². The molecule has 1 aromatic heterocycles. The highest BCUT2D eigenvalue weighted by atomic mass is 79.9. The number of nitrogens with zero attached hydrogens (tertiary/aromatic N) is 2. The van der Waals surface area contributed by atoms with Crippen molar-refractivity contribution in [1.82, 2.24) is 4.57 Å². The van der Waals surface area contributed by atoms with Gasteiger partial charge in [-0.05, 0) is 40.5 Å². The van der Waals surface area contributed by atoms with Crippen LogP contribution in [0, 0.1) is 0 Å². The summed E-state index contributed by atoms with van der Waals surface area (Å²) < 4.78 is 8.55. The number of hydrogen-bond acceptors (Lipinski definition) is 2. The first-order chi connectivity index (χ1) is 10.2. The second kappa shape index (κ2) is 5.93. The fourth-order valence-electron chi connectivity index (χ4n) is 2.60. The SMILES string of the molecule is CCCn1cc(Br)cc1C(=O)N1CCOc2ccccc21. The lowest BCUT2D eigenvalue weighted by molar-refractivity contribution is 0.0967. The second-order valence-electron chi connectivity index (χ2n) is 5.01. The number of carbonyl (C=O) groups is 1. The van der Waals surface area contributed by atoms with E-state index in [1.807, 2.05) is 41.1 Å². The fourth-order valence-corrected chi connectivity index (χ4v) is 3.06. The van der Waals surface area contributed by atoms with Gasteiger partial charge < -0.3 is 14.2 Å². The third-order valence-corrected chi connectivity index (χ3v) is 3.95. The minimum Gasteiger partial charge on any atom is -0.490 e. The minimum atomic E-state index is 0.0184. The summed E-state index contributed by atoms with van der Waals surface area (Å²) >= 11 is 3.46. The first-order valence-corrected chi connectivity index (χ1v) is 7.89. The van der Waals surface area contributed by atoms with E-state index in [0.717, 1.165) is 28.9 Å². The number of rotatable bonds is 3. The van der Waals surface area contributed by atoms with E-state index < -0.39 is 0 Å². The molecule has 0 saturated heterocycles. The third kappa shape index (κ3) is 2.70. The molecule has 21 heavy (non-hydrogen) atoms. The number of para-hydroxylation sites is 2. The zero-order chi connectivity index (χ0) is 14.8. The van der Waals surface area contributed by atoms with Crippen LogP contribution in [0.3, 0.4) is 0 Å². The molecule has 4 nitrogen and oxygen atoms in total. The smallest absolute Gasteiger partial charge is 0.275 e. The Morgan fingerprint density at radius 2 is 2.19 bits per heavy atom. The summed E-state index contributed by atoms with van der Waals surface area (Å²) in [5.74, 6) is 0.787. The summed E-state index contributed by atoms with van der Waals surface area (Å²) in [7, 11) is 0. The predicted molar refractivity (Wildman–Crippen MR) is 86.0 cm³/mol. The van der Waals surface area contributed by atoms with Crippen LogP contribution in [0.25, 0.3) is 0 Å². The lowest BCUT2D eigenvalue weighted by Crippen LogP contribution is -2.38. The summed E-state index contributed by atoms with van der Waals surface area (Å²) in [5.41, 5.74) is 1.55. The molecule has 3 rings (SSSR count). The number of aromatic nitrogens is 1. The van der Waals surface area contributed by atoms with Gasteiger partial charge in [-0.1, -0.05) is 19.1 Å². The maximum Gasteiger partial charge on any atom is 0.275 e. The standard InChI is InChI=1S/C16H17BrN2O2/c1-2-7-18-11-12(17)10-14(18)16(20)19-8-9-21-15-6-4-3-5-13(15)19/h3-6,10-11H,2,7-9H2,1H3. The molecule has 2 aromatic rings. The quantitative estimate of drug-likeness (QED) is 0.847. The summed E-state index contributed by atoms with van der Waals surface area (Å²) in [6.07, 6.45) is 2.95. The molecule has 2 heterocycles. The molecule has 0 fully saturated rings. The van der Waals surface area contributed by atoms with E-state index in [4.69, 9.17) is 4.74 Å². The molecule has 0 N–H and O–H groups in total. The van der Waals surface area contributed by atoms with Crippen LogP contribution in [-0.2, 0) is 6.54 Å². The number of anilines is 1. The molecule has 0 radical (unpaired) electrons. The van der Waals surface area contributed by atoms with E-state index >= 15 is 0 Å². The highest BCUT2D eigenvalue weighted by molar-refractivity contribution is 9.10. The van der Waals surface area contributed by atoms with Crippen LogP contribution in [0.2, 0.25) is 0 Å². The molecule has 0 spiro atoms. The summed E-state index contributed by atoms with van der Waals surface area (Å²) in [4.78, 5) is 14.7. The molecule has 0 saturated carbocycles. The summed E-state index contributed by atoms with van der Waals surface area (Å²) in [6, 6.07) is 9.55. The maximum atomic E-state index is 12.9. The number of aryl methyl sites for hydroxylation is 1. The van der Waals surface area contributed by atoms with E-state index in [-0.39, 0.29) is 5.91 Å². The highest BCUT2D eigenvalue weighted by Gasteiger charge is 2.26. The molecule has 1 aliphatic heterocycles. The molecule has 1 amide bonds. The first-order valence-electron chi connectivity index (χ1n) is 7.10. The van der Waals surface area contributed by atoms with Gasteiger partial charge in [-0.15, -0.1) is 0 Å². The van der Waals surface area contributed by atoms with Crippen LogP contribution in [0.1, 0.15) is 23.8 Å². The number of carbonyl (C=O) groups excluding carboxylic acids is 1. The van der Waals surface area contributed by atoms with E-state index in [1.165, 1.54) is 0 Å². The fraction of sp³-hybridized carbons (Fsp3) is 0.312. The Hall–Kier alpha value is -1.75. The first kappa shape index (κ1) is 14.2. The van der Waals surface area contributed by atoms with Crippen molar-refractivity contribution in [2.75, 3.05) is 18.1 Å². The Morgan fingerprint density at radius 3 is 3.00 bits per heavy atom. The van der Waals surface area contributed by atoms with E-state index in [0.29, 0.717) is 18.8 Å². The van der Waals surface area contributed by atoms with Crippen LogP contribution >= 0.6 is 15.9 Å². The van der Waals surface area contributed by atoms with Crippen molar-refractivity contribution in [1.29, 1.82) is 0 Å². The molecule has 0 aliphatic carbocycles. The van der Waals surface area contributed by atoms with Crippen LogP contribution in [0.5, 0.6) is 5.75 Å². The number of hydrogen-bond donors (Lipinski definition) is 0. The zero-order valence-electron chi connectivity index (χ0n) is 11.9. The molecule has 1 aromatic carbocycles. The normalized spacial score (nSPS) is 13.7. The largest absolute Gasteiger partial charge is 0.490 e. The van der Waals surface area contributed by atoms with Gasteiger partial charge in [-0.3, -0.25) is 4.79 Å². The van der Waals surface area contributed by atoms with Gasteiger partial charge >= 0.3 is 0 Å². The van der Waals surface area contributed by atoms with Crippen LogP contribution in [-0.4, -0.2) is 23.6 Å². The van der Waals surface area contributed by atoms with E-state index in [1.54, 1.807) is 4.90 Å². The lowest BCUT2D eigenvalue weighted by atomic mass is 10.2.